The molecule has 126 valence electrons. The van der Waals surface area contributed by atoms with Gasteiger partial charge in [-0.25, -0.2) is 0 Å². The van der Waals surface area contributed by atoms with Gasteiger partial charge in [0.05, 0.1) is 0 Å². The Hall–Kier alpha value is -0.530. The van der Waals surface area contributed by atoms with Gasteiger partial charge in [-0.3, -0.25) is 0 Å². The van der Waals surface area contributed by atoms with Crippen molar-refractivity contribution in [1.82, 2.24) is 0 Å². The van der Waals surface area contributed by atoms with Crippen molar-refractivity contribution in [1.29, 1.82) is 0 Å². The average Bonchev–Trinajstić information content (AvgIpc) is 2.46. The SMILES string of the molecule is CCCCCCCCCCCCCCCCCCC(=O)[O-]. The standard InChI is InChI=1S/C19H38O2/c1-2-3-4-5-6-7-8-9-10-11-12-13-14-15-16-17-18-19(20)21/h2-18H2,1H3,(H,20,21)/p-1. The van der Waals surface area contributed by atoms with Gasteiger partial charge in [0.15, 0.2) is 0 Å². The van der Waals surface area contributed by atoms with E-state index in [1.165, 1.54) is 89.9 Å². The molecule has 0 aromatic rings. The van der Waals surface area contributed by atoms with Gasteiger partial charge in [0.25, 0.3) is 0 Å². The Morgan fingerprint density at radius 1 is 0.571 bits per heavy atom. The van der Waals surface area contributed by atoms with E-state index < -0.39 is 5.97 Å². The fraction of sp³-hybridized carbons (Fsp3) is 0.947. The fourth-order valence-electron chi connectivity index (χ4n) is 2.82. The second kappa shape index (κ2) is 17.5. The van der Waals surface area contributed by atoms with Crippen molar-refractivity contribution in [2.24, 2.45) is 0 Å². The van der Waals surface area contributed by atoms with Crippen LogP contribution in [0.25, 0.3) is 0 Å². The molecule has 0 rings (SSSR count). The second-order valence-electron chi connectivity index (χ2n) is 6.43. The van der Waals surface area contributed by atoms with Crippen LogP contribution in [-0.4, -0.2) is 5.97 Å². The predicted molar refractivity (Wildman–Crippen MR) is 89.2 cm³/mol. The molecule has 21 heavy (non-hydrogen) atoms. The molecule has 2 nitrogen and oxygen atoms in total. The van der Waals surface area contributed by atoms with Crippen LogP contribution in [0.1, 0.15) is 116 Å². The first-order chi connectivity index (χ1) is 10.3. The average molecular weight is 298 g/mol. The van der Waals surface area contributed by atoms with Gasteiger partial charge in [0.2, 0.25) is 0 Å². The van der Waals surface area contributed by atoms with Crippen molar-refractivity contribution in [2.75, 3.05) is 0 Å². The van der Waals surface area contributed by atoms with Gasteiger partial charge in [-0.05, 0) is 12.8 Å². The summed E-state index contributed by atoms with van der Waals surface area (Å²) in [5.74, 6) is -0.902. The van der Waals surface area contributed by atoms with Crippen LogP contribution >= 0.6 is 0 Å². The Balaban J connectivity index is 2.95. The fourth-order valence-corrected chi connectivity index (χ4v) is 2.82. The van der Waals surface area contributed by atoms with Crippen molar-refractivity contribution < 1.29 is 9.90 Å². The van der Waals surface area contributed by atoms with Crippen LogP contribution in [0.15, 0.2) is 0 Å². The lowest BCUT2D eigenvalue weighted by molar-refractivity contribution is -0.305. The third kappa shape index (κ3) is 19.5. The Kier molecular flexibility index (Phi) is 17.1. The molecule has 2 heteroatoms. The van der Waals surface area contributed by atoms with Crippen LogP contribution in [0, 0.1) is 0 Å². The van der Waals surface area contributed by atoms with Crippen LogP contribution in [0.5, 0.6) is 0 Å². The lowest BCUT2D eigenvalue weighted by atomic mass is 10.0. The van der Waals surface area contributed by atoms with E-state index in [1.807, 2.05) is 0 Å². The molecule has 0 aliphatic carbocycles. The summed E-state index contributed by atoms with van der Waals surface area (Å²) >= 11 is 0. The van der Waals surface area contributed by atoms with Crippen LogP contribution in [0.2, 0.25) is 0 Å². The number of aliphatic carboxylic acids is 1. The highest BCUT2D eigenvalue weighted by molar-refractivity contribution is 5.63. The van der Waals surface area contributed by atoms with E-state index in [-0.39, 0.29) is 6.42 Å². The quantitative estimate of drug-likeness (QED) is 0.338. The molecule has 0 heterocycles. The highest BCUT2D eigenvalue weighted by Gasteiger charge is 1.94. The zero-order valence-electron chi connectivity index (χ0n) is 14.3. The Morgan fingerprint density at radius 3 is 1.14 bits per heavy atom. The lowest BCUT2D eigenvalue weighted by Gasteiger charge is -2.04. The van der Waals surface area contributed by atoms with E-state index in [9.17, 15) is 9.90 Å². The minimum absolute atomic E-state index is 0.235. The molecule has 0 fully saturated rings. The van der Waals surface area contributed by atoms with Crippen LogP contribution in [-0.2, 0) is 4.79 Å². The molecule has 0 amide bonds. The van der Waals surface area contributed by atoms with E-state index >= 15 is 0 Å². The van der Waals surface area contributed by atoms with Gasteiger partial charge in [0.1, 0.15) is 0 Å². The molecule has 0 saturated heterocycles. The Labute approximate surface area is 132 Å². The molecule has 0 unspecified atom stereocenters. The smallest absolute Gasteiger partial charge is 0.0414 e. The Morgan fingerprint density at radius 2 is 0.857 bits per heavy atom. The van der Waals surface area contributed by atoms with Gasteiger partial charge in [-0.2, -0.15) is 0 Å². The zero-order chi connectivity index (χ0) is 15.6. The molecule has 0 aromatic heterocycles. The summed E-state index contributed by atoms with van der Waals surface area (Å²) in [6.07, 6.45) is 21.3. The summed E-state index contributed by atoms with van der Waals surface area (Å²) in [6.45, 7) is 2.27. The van der Waals surface area contributed by atoms with Crippen molar-refractivity contribution >= 4 is 5.97 Å². The number of carbonyl (C=O) groups is 1. The van der Waals surface area contributed by atoms with Crippen molar-refractivity contribution in [3.8, 4) is 0 Å². The molecule has 0 aromatic carbocycles. The maximum Gasteiger partial charge on any atom is 0.0414 e. The van der Waals surface area contributed by atoms with E-state index in [0.29, 0.717) is 0 Å². The largest absolute Gasteiger partial charge is 0.550 e. The number of unbranched alkanes of at least 4 members (excludes halogenated alkanes) is 15. The molecule has 0 bridgehead atoms. The molecule has 0 aliphatic rings. The monoisotopic (exact) mass is 297 g/mol. The third-order valence-electron chi connectivity index (χ3n) is 4.23. The summed E-state index contributed by atoms with van der Waals surface area (Å²) in [5, 5.41) is 10.2. The molecule has 0 aliphatic heterocycles. The third-order valence-corrected chi connectivity index (χ3v) is 4.23. The second-order valence-corrected chi connectivity index (χ2v) is 6.43. The first kappa shape index (κ1) is 20.5. The van der Waals surface area contributed by atoms with Gasteiger partial charge < -0.3 is 9.90 Å². The number of hydrogen-bond acceptors (Lipinski definition) is 2. The van der Waals surface area contributed by atoms with E-state index in [2.05, 4.69) is 6.92 Å². The first-order valence-corrected chi connectivity index (χ1v) is 9.47. The number of hydrogen-bond donors (Lipinski definition) is 0. The minimum atomic E-state index is -0.902. The van der Waals surface area contributed by atoms with Crippen molar-refractivity contribution in [3.63, 3.8) is 0 Å². The van der Waals surface area contributed by atoms with E-state index in [0.717, 1.165) is 12.8 Å². The van der Waals surface area contributed by atoms with Crippen molar-refractivity contribution in [2.45, 2.75) is 116 Å². The highest BCUT2D eigenvalue weighted by Crippen LogP contribution is 2.13. The van der Waals surface area contributed by atoms with Crippen LogP contribution in [0.3, 0.4) is 0 Å². The van der Waals surface area contributed by atoms with Gasteiger partial charge in [-0.1, -0.05) is 103 Å². The van der Waals surface area contributed by atoms with Crippen LogP contribution in [0.4, 0.5) is 0 Å². The number of carbonyl (C=O) groups excluding carboxylic acids is 1. The molecular weight excluding hydrogens is 260 g/mol. The molecule has 0 radical (unpaired) electrons. The van der Waals surface area contributed by atoms with Crippen LogP contribution < -0.4 is 5.11 Å². The highest BCUT2D eigenvalue weighted by atomic mass is 16.4. The Bertz CT molecular complexity index is 214. The summed E-state index contributed by atoms with van der Waals surface area (Å²) in [5.41, 5.74) is 0. The van der Waals surface area contributed by atoms with Gasteiger partial charge in [0, 0.05) is 5.97 Å². The number of carboxylic acid groups (broad SMARTS) is 1. The molecule has 0 N–H and O–H groups in total. The topological polar surface area (TPSA) is 40.1 Å². The van der Waals surface area contributed by atoms with Gasteiger partial charge in [-0.15, -0.1) is 0 Å². The van der Waals surface area contributed by atoms with E-state index in [1.54, 1.807) is 0 Å². The van der Waals surface area contributed by atoms with Crippen molar-refractivity contribution in [3.05, 3.63) is 0 Å². The molecule has 0 spiro atoms. The maximum atomic E-state index is 10.2. The summed E-state index contributed by atoms with van der Waals surface area (Å²) in [6, 6.07) is 0. The normalized spacial score (nSPS) is 10.9. The van der Waals surface area contributed by atoms with Gasteiger partial charge >= 0.3 is 0 Å². The molecule has 0 saturated carbocycles. The lowest BCUT2D eigenvalue weighted by Crippen LogP contribution is -2.21. The number of carboxylic acids is 1. The summed E-state index contributed by atoms with van der Waals surface area (Å²) in [7, 11) is 0. The maximum absolute atomic E-state index is 10.2. The predicted octanol–water partition coefficient (Wildman–Crippen LogP) is 5.39. The minimum Gasteiger partial charge on any atom is -0.550 e. The zero-order valence-corrected chi connectivity index (χ0v) is 14.3. The number of rotatable bonds is 17. The summed E-state index contributed by atoms with van der Waals surface area (Å²) < 4.78 is 0. The first-order valence-electron chi connectivity index (χ1n) is 9.47. The molecular formula is C19H37O2-. The van der Waals surface area contributed by atoms with E-state index in [4.69, 9.17) is 0 Å². The summed E-state index contributed by atoms with van der Waals surface area (Å²) in [4.78, 5) is 10.2. The molecule has 0 atom stereocenters.